The van der Waals surface area contributed by atoms with Gasteiger partial charge in [-0.1, -0.05) is 24.3 Å². The fraction of sp³-hybridized carbons (Fsp3) is 0.143. The predicted molar refractivity (Wildman–Crippen MR) is 103 cm³/mol. The van der Waals surface area contributed by atoms with Crippen molar-refractivity contribution in [3.63, 3.8) is 0 Å². The fourth-order valence-corrected chi connectivity index (χ4v) is 4.48. The molecule has 2 heterocycles. The smallest absolute Gasteiger partial charge is 0.254 e. The van der Waals surface area contributed by atoms with Crippen molar-refractivity contribution < 1.29 is 18.4 Å². The van der Waals surface area contributed by atoms with Crippen LogP contribution < -0.4 is 5.32 Å². The van der Waals surface area contributed by atoms with Crippen molar-refractivity contribution in [2.45, 2.75) is 12.0 Å². The lowest BCUT2D eigenvalue weighted by Gasteiger charge is -2.39. The molecule has 3 aromatic rings. The molecule has 4 rings (SSSR count). The highest BCUT2D eigenvalue weighted by Gasteiger charge is 2.43. The van der Waals surface area contributed by atoms with Crippen LogP contribution in [-0.2, 0) is 4.79 Å². The molecule has 0 aliphatic carbocycles. The Balaban J connectivity index is 1.79. The second kappa shape index (κ2) is 7.16. The van der Waals surface area contributed by atoms with Crippen LogP contribution in [0.1, 0.15) is 32.8 Å². The van der Waals surface area contributed by atoms with Gasteiger partial charge >= 0.3 is 0 Å². The summed E-state index contributed by atoms with van der Waals surface area (Å²) in [7, 11) is 1.65. The van der Waals surface area contributed by atoms with Crippen molar-refractivity contribution in [3.05, 3.63) is 87.6 Å². The van der Waals surface area contributed by atoms with Crippen LogP contribution in [0.25, 0.3) is 0 Å². The Morgan fingerprint density at radius 3 is 2.61 bits per heavy atom. The van der Waals surface area contributed by atoms with E-state index in [9.17, 15) is 18.4 Å². The third-order valence-corrected chi connectivity index (χ3v) is 5.83. The second-order valence-electron chi connectivity index (χ2n) is 6.55. The first kappa shape index (κ1) is 18.3. The SMILES string of the molecule is CN1C(=O)c2ccccc2C(C(=O)Nc2ccc(F)cc2F)C1c1cccs1. The van der Waals surface area contributed by atoms with Gasteiger partial charge in [0.15, 0.2) is 0 Å². The number of carbonyl (C=O) groups is 2. The van der Waals surface area contributed by atoms with Crippen LogP contribution >= 0.6 is 11.3 Å². The molecule has 1 aliphatic rings. The highest BCUT2D eigenvalue weighted by atomic mass is 32.1. The van der Waals surface area contributed by atoms with Crippen LogP contribution in [0.4, 0.5) is 14.5 Å². The van der Waals surface area contributed by atoms with Gasteiger partial charge < -0.3 is 10.2 Å². The standard InChI is InChI=1S/C21H16F2N2O2S/c1-25-19(17-7-4-10-28-17)18(13-5-2-3-6-14(13)21(25)27)20(26)24-16-9-8-12(22)11-15(16)23/h2-11,18-19H,1H3,(H,24,26). The van der Waals surface area contributed by atoms with Crippen LogP contribution in [0, 0.1) is 11.6 Å². The largest absolute Gasteiger partial charge is 0.333 e. The van der Waals surface area contributed by atoms with Gasteiger partial charge in [-0.25, -0.2) is 8.78 Å². The van der Waals surface area contributed by atoms with Gasteiger partial charge in [-0.05, 0) is 35.2 Å². The minimum absolute atomic E-state index is 0.103. The first-order valence-corrected chi connectivity index (χ1v) is 9.50. The molecule has 1 N–H and O–H groups in total. The Morgan fingerprint density at radius 1 is 1.11 bits per heavy atom. The summed E-state index contributed by atoms with van der Waals surface area (Å²) in [6.07, 6.45) is 0. The van der Waals surface area contributed by atoms with E-state index in [1.54, 1.807) is 36.2 Å². The van der Waals surface area contributed by atoms with Crippen LogP contribution in [0.15, 0.2) is 60.0 Å². The molecule has 0 spiro atoms. The van der Waals surface area contributed by atoms with E-state index in [0.29, 0.717) is 11.1 Å². The molecule has 1 aromatic heterocycles. The maximum absolute atomic E-state index is 14.1. The second-order valence-corrected chi connectivity index (χ2v) is 7.53. The topological polar surface area (TPSA) is 49.4 Å². The lowest BCUT2D eigenvalue weighted by atomic mass is 9.81. The summed E-state index contributed by atoms with van der Waals surface area (Å²) in [5.74, 6) is -2.95. The Morgan fingerprint density at radius 2 is 1.89 bits per heavy atom. The average Bonchev–Trinajstić information content (AvgIpc) is 3.21. The van der Waals surface area contributed by atoms with Crippen molar-refractivity contribution in [1.82, 2.24) is 4.90 Å². The van der Waals surface area contributed by atoms with Crippen LogP contribution in [0.5, 0.6) is 0 Å². The number of benzene rings is 2. The van der Waals surface area contributed by atoms with E-state index >= 15 is 0 Å². The molecule has 2 atom stereocenters. The summed E-state index contributed by atoms with van der Waals surface area (Å²) in [6.45, 7) is 0. The Labute approximate surface area is 164 Å². The number of thiophene rings is 1. The van der Waals surface area contributed by atoms with E-state index in [4.69, 9.17) is 0 Å². The number of carbonyl (C=O) groups excluding carboxylic acids is 2. The molecule has 0 saturated heterocycles. The zero-order chi connectivity index (χ0) is 19.8. The van der Waals surface area contributed by atoms with E-state index in [-0.39, 0.29) is 11.6 Å². The molecule has 2 amide bonds. The van der Waals surface area contributed by atoms with Gasteiger partial charge in [-0.3, -0.25) is 9.59 Å². The summed E-state index contributed by atoms with van der Waals surface area (Å²) in [4.78, 5) is 28.5. The highest BCUT2D eigenvalue weighted by Crippen LogP contribution is 2.43. The quantitative estimate of drug-likeness (QED) is 0.702. The van der Waals surface area contributed by atoms with Crippen molar-refractivity contribution in [3.8, 4) is 0 Å². The molecular weight excluding hydrogens is 382 g/mol. The maximum Gasteiger partial charge on any atom is 0.254 e. The van der Waals surface area contributed by atoms with E-state index < -0.39 is 29.5 Å². The van der Waals surface area contributed by atoms with Crippen LogP contribution in [0.3, 0.4) is 0 Å². The van der Waals surface area contributed by atoms with Gasteiger partial charge in [-0.2, -0.15) is 0 Å². The molecule has 28 heavy (non-hydrogen) atoms. The van der Waals surface area contributed by atoms with E-state index in [1.807, 2.05) is 17.5 Å². The summed E-state index contributed by atoms with van der Waals surface area (Å²) in [5.41, 5.74) is 0.926. The molecule has 0 bridgehead atoms. The molecule has 0 fully saturated rings. The van der Waals surface area contributed by atoms with Crippen molar-refractivity contribution >= 4 is 28.8 Å². The number of anilines is 1. The zero-order valence-corrected chi connectivity index (χ0v) is 15.7. The van der Waals surface area contributed by atoms with Crippen molar-refractivity contribution in [2.24, 2.45) is 0 Å². The third kappa shape index (κ3) is 3.07. The number of fused-ring (bicyclic) bond motifs is 1. The normalized spacial score (nSPS) is 18.7. The minimum Gasteiger partial charge on any atom is -0.333 e. The predicted octanol–water partition coefficient (Wildman–Crippen LogP) is 4.58. The van der Waals surface area contributed by atoms with Crippen LogP contribution in [-0.4, -0.2) is 23.8 Å². The summed E-state index contributed by atoms with van der Waals surface area (Å²) in [5, 5.41) is 4.44. The average molecular weight is 398 g/mol. The number of nitrogens with zero attached hydrogens (tertiary/aromatic N) is 1. The van der Waals surface area contributed by atoms with E-state index in [1.165, 1.54) is 17.4 Å². The zero-order valence-electron chi connectivity index (χ0n) is 14.9. The molecule has 0 radical (unpaired) electrons. The number of nitrogens with one attached hydrogen (secondary N) is 1. The number of amides is 2. The van der Waals surface area contributed by atoms with E-state index in [0.717, 1.165) is 17.0 Å². The Kier molecular flexibility index (Phi) is 4.68. The summed E-state index contributed by atoms with van der Waals surface area (Å²) < 4.78 is 27.2. The third-order valence-electron chi connectivity index (χ3n) is 4.89. The van der Waals surface area contributed by atoms with Crippen molar-refractivity contribution in [2.75, 3.05) is 12.4 Å². The number of likely N-dealkylation sites (N-methyl/N-ethyl adjacent to an activating group) is 1. The van der Waals surface area contributed by atoms with Crippen molar-refractivity contribution in [1.29, 1.82) is 0 Å². The monoisotopic (exact) mass is 398 g/mol. The first-order chi connectivity index (χ1) is 13.5. The Hall–Kier alpha value is -3.06. The molecule has 7 heteroatoms. The van der Waals surface area contributed by atoms with Crippen LogP contribution in [0.2, 0.25) is 0 Å². The van der Waals surface area contributed by atoms with Gasteiger partial charge in [0.25, 0.3) is 5.91 Å². The van der Waals surface area contributed by atoms with Gasteiger partial charge in [0.1, 0.15) is 11.6 Å². The Bertz CT molecular complexity index is 1050. The van der Waals surface area contributed by atoms with Gasteiger partial charge in [0.05, 0.1) is 17.6 Å². The minimum atomic E-state index is -0.852. The highest BCUT2D eigenvalue weighted by molar-refractivity contribution is 7.10. The molecule has 0 saturated carbocycles. The number of rotatable bonds is 3. The van der Waals surface area contributed by atoms with Gasteiger partial charge in [0, 0.05) is 23.6 Å². The molecule has 1 aliphatic heterocycles. The van der Waals surface area contributed by atoms with Gasteiger partial charge in [-0.15, -0.1) is 11.3 Å². The summed E-state index contributed by atoms with van der Waals surface area (Å²) >= 11 is 1.44. The van der Waals surface area contributed by atoms with E-state index in [2.05, 4.69) is 5.32 Å². The maximum atomic E-state index is 14.1. The summed E-state index contributed by atoms with van der Waals surface area (Å²) in [6, 6.07) is 13.1. The number of halogens is 2. The molecule has 142 valence electrons. The molecule has 2 unspecified atom stereocenters. The van der Waals surface area contributed by atoms with Gasteiger partial charge in [0.2, 0.25) is 5.91 Å². The molecular formula is C21H16F2N2O2S. The molecule has 2 aromatic carbocycles. The number of hydrogen-bond acceptors (Lipinski definition) is 3. The lowest BCUT2D eigenvalue weighted by Crippen LogP contribution is -2.43. The molecule has 4 nitrogen and oxygen atoms in total. The first-order valence-electron chi connectivity index (χ1n) is 8.63. The lowest BCUT2D eigenvalue weighted by molar-refractivity contribution is -0.119. The fourth-order valence-electron chi connectivity index (χ4n) is 3.57. The number of hydrogen-bond donors (Lipinski definition) is 1.